The van der Waals surface area contributed by atoms with Crippen molar-refractivity contribution in [3.63, 3.8) is 0 Å². The Morgan fingerprint density at radius 1 is 1.23 bits per heavy atom. The smallest absolute Gasteiger partial charge is 0.410 e. The van der Waals surface area contributed by atoms with Crippen LogP contribution in [-0.2, 0) is 17.7 Å². The molecule has 4 rings (SSSR count). The van der Waals surface area contributed by atoms with Crippen molar-refractivity contribution in [3.8, 4) is 11.3 Å². The van der Waals surface area contributed by atoms with Crippen LogP contribution in [-0.4, -0.2) is 38.3 Å². The van der Waals surface area contributed by atoms with Gasteiger partial charge >= 0.3 is 6.09 Å². The second kappa shape index (κ2) is 6.12. The van der Waals surface area contributed by atoms with Crippen molar-refractivity contribution >= 4 is 17.1 Å². The van der Waals surface area contributed by atoms with Crippen LogP contribution in [0.25, 0.3) is 22.3 Å². The van der Waals surface area contributed by atoms with Crippen molar-refractivity contribution in [2.75, 3.05) is 6.54 Å². The number of aromatic nitrogens is 3. The first-order valence-electron chi connectivity index (χ1n) is 8.80. The Hall–Kier alpha value is -2.89. The van der Waals surface area contributed by atoms with E-state index in [0.29, 0.717) is 13.1 Å². The topological polar surface area (TPSA) is 71.1 Å². The second-order valence-electron chi connectivity index (χ2n) is 7.58. The number of hydrogen-bond acceptors (Lipinski definition) is 4. The number of rotatable bonds is 1. The summed E-state index contributed by atoms with van der Waals surface area (Å²) in [6.07, 6.45) is 2.31. The van der Waals surface area contributed by atoms with E-state index in [4.69, 9.17) is 4.74 Å². The van der Waals surface area contributed by atoms with Crippen LogP contribution < -0.4 is 0 Å². The molecule has 26 heavy (non-hydrogen) atoms. The minimum absolute atomic E-state index is 0.279. The Morgan fingerprint density at radius 2 is 2.00 bits per heavy atom. The van der Waals surface area contributed by atoms with Gasteiger partial charge in [-0.25, -0.2) is 9.78 Å². The molecule has 1 aromatic carbocycles. The Labute approximate surface area is 152 Å². The third kappa shape index (κ3) is 3.03. The molecule has 0 bridgehead atoms. The molecule has 0 radical (unpaired) electrons. The molecular formula is C20H22N4O2. The molecule has 3 aromatic rings. The molecule has 0 fully saturated rings. The zero-order chi connectivity index (χ0) is 18.3. The summed E-state index contributed by atoms with van der Waals surface area (Å²) in [5, 5.41) is 8.57. The summed E-state index contributed by atoms with van der Waals surface area (Å²) < 4.78 is 5.51. The van der Waals surface area contributed by atoms with Crippen molar-refractivity contribution in [2.45, 2.75) is 39.3 Å². The number of nitrogens with one attached hydrogen (secondary N) is 1. The van der Waals surface area contributed by atoms with E-state index in [1.807, 2.05) is 57.3 Å². The minimum atomic E-state index is -0.495. The normalized spacial score (nSPS) is 14.3. The number of hydrogen-bond donors (Lipinski definition) is 1. The van der Waals surface area contributed by atoms with Crippen LogP contribution >= 0.6 is 0 Å². The molecule has 0 aliphatic carbocycles. The summed E-state index contributed by atoms with van der Waals surface area (Å²) in [5.74, 6) is 0. The lowest BCUT2D eigenvalue weighted by Gasteiger charge is -2.31. The van der Waals surface area contributed by atoms with E-state index in [0.717, 1.165) is 34.3 Å². The number of aromatic amines is 1. The Balaban J connectivity index is 1.70. The van der Waals surface area contributed by atoms with Crippen molar-refractivity contribution in [3.05, 3.63) is 47.7 Å². The van der Waals surface area contributed by atoms with Gasteiger partial charge in [0.05, 0.1) is 11.9 Å². The van der Waals surface area contributed by atoms with Gasteiger partial charge in [0.1, 0.15) is 11.3 Å². The van der Waals surface area contributed by atoms with Crippen LogP contribution in [0.15, 0.2) is 36.5 Å². The summed E-state index contributed by atoms with van der Waals surface area (Å²) in [6, 6.07) is 10.1. The number of fused-ring (bicyclic) bond motifs is 3. The zero-order valence-corrected chi connectivity index (χ0v) is 15.2. The predicted molar refractivity (Wildman–Crippen MR) is 99.7 cm³/mol. The molecule has 2 aromatic heterocycles. The van der Waals surface area contributed by atoms with Crippen LogP contribution in [0.4, 0.5) is 4.79 Å². The van der Waals surface area contributed by atoms with Crippen LogP contribution in [0.2, 0.25) is 0 Å². The first kappa shape index (κ1) is 16.6. The number of carbonyl (C=O) groups excluding carboxylic acids is 1. The first-order chi connectivity index (χ1) is 12.4. The molecular weight excluding hydrogens is 328 g/mol. The van der Waals surface area contributed by atoms with Gasteiger partial charge < -0.3 is 9.64 Å². The minimum Gasteiger partial charge on any atom is -0.444 e. The fraction of sp³-hybridized carbons (Fsp3) is 0.350. The van der Waals surface area contributed by atoms with Gasteiger partial charge in [0.2, 0.25) is 0 Å². The summed E-state index contributed by atoms with van der Waals surface area (Å²) in [4.78, 5) is 18.6. The maximum atomic E-state index is 12.4. The number of ether oxygens (including phenoxy) is 1. The van der Waals surface area contributed by atoms with Crippen LogP contribution in [0, 0.1) is 0 Å². The monoisotopic (exact) mass is 350 g/mol. The lowest BCUT2D eigenvalue weighted by atomic mass is 9.96. The second-order valence-corrected chi connectivity index (χ2v) is 7.58. The molecule has 134 valence electrons. The third-order valence-electron chi connectivity index (χ3n) is 4.48. The molecule has 6 heteroatoms. The standard InChI is InChI=1S/C20H22N4O2/c1-20(2,3)26-19(25)24-10-9-15-14(12-24)11-21-18-16(15)17(22-23-18)13-7-5-4-6-8-13/h4-8,11H,9-10,12H2,1-3H3,(H,21,22,23). The summed E-state index contributed by atoms with van der Waals surface area (Å²) >= 11 is 0. The van der Waals surface area contributed by atoms with Crippen molar-refractivity contribution in [1.82, 2.24) is 20.1 Å². The van der Waals surface area contributed by atoms with Crippen LogP contribution in [0.3, 0.4) is 0 Å². The number of amides is 1. The maximum absolute atomic E-state index is 12.4. The lowest BCUT2D eigenvalue weighted by molar-refractivity contribution is 0.0224. The SMILES string of the molecule is CC(C)(C)OC(=O)N1CCc2c(cnc3[nH]nc(-c4ccccc4)c23)C1. The van der Waals surface area contributed by atoms with Gasteiger partial charge in [-0.15, -0.1) is 0 Å². The van der Waals surface area contributed by atoms with E-state index in [1.54, 1.807) is 4.90 Å². The van der Waals surface area contributed by atoms with E-state index in [-0.39, 0.29) is 6.09 Å². The molecule has 0 spiro atoms. The molecule has 6 nitrogen and oxygen atoms in total. The van der Waals surface area contributed by atoms with Gasteiger partial charge in [-0.3, -0.25) is 5.10 Å². The van der Waals surface area contributed by atoms with Gasteiger partial charge in [0.15, 0.2) is 5.65 Å². The highest BCUT2D eigenvalue weighted by atomic mass is 16.6. The molecule has 1 aliphatic rings. The van der Waals surface area contributed by atoms with Gasteiger partial charge in [-0.2, -0.15) is 5.10 Å². The van der Waals surface area contributed by atoms with E-state index in [2.05, 4.69) is 15.2 Å². The molecule has 1 amide bonds. The molecule has 0 atom stereocenters. The molecule has 0 unspecified atom stereocenters. The van der Waals surface area contributed by atoms with E-state index < -0.39 is 5.60 Å². The van der Waals surface area contributed by atoms with Gasteiger partial charge in [-0.1, -0.05) is 30.3 Å². The maximum Gasteiger partial charge on any atom is 0.410 e. The Morgan fingerprint density at radius 3 is 2.73 bits per heavy atom. The van der Waals surface area contributed by atoms with E-state index in [9.17, 15) is 4.79 Å². The molecule has 0 saturated carbocycles. The van der Waals surface area contributed by atoms with Gasteiger partial charge in [-0.05, 0) is 38.3 Å². The molecule has 3 heterocycles. The van der Waals surface area contributed by atoms with Crippen molar-refractivity contribution in [1.29, 1.82) is 0 Å². The van der Waals surface area contributed by atoms with Gasteiger partial charge in [0.25, 0.3) is 0 Å². The summed E-state index contributed by atoms with van der Waals surface area (Å²) in [5.41, 5.74) is 4.52. The molecule has 0 saturated heterocycles. The van der Waals surface area contributed by atoms with Crippen molar-refractivity contribution in [2.24, 2.45) is 0 Å². The van der Waals surface area contributed by atoms with E-state index in [1.165, 1.54) is 5.56 Å². The van der Waals surface area contributed by atoms with Crippen molar-refractivity contribution < 1.29 is 9.53 Å². The number of benzene rings is 1. The quantitative estimate of drug-likeness (QED) is 0.722. The molecule has 1 N–H and O–H groups in total. The Bertz CT molecular complexity index is 957. The highest BCUT2D eigenvalue weighted by molar-refractivity contribution is 5.94. The van der Waals surface area contributed by atoms with Gasteiger partial charge in [0, 0.05) is 18.3 Å². The fourth-order valence-corrected chi connectivity index (χ4v) is 3.33. The highest BCUT2D eigenvalue weighted by Gasteiger charge is 2.28. The fourth-order valence-electron chi connectivity index (χ4n) is 3.33. The number of carbonyl (C=O) groups is 1. The van der Waals surface area contributed by atoms with Crippen LogP contribution in [0.5, 0.6) is 0 Å². The largest absolute Gasteiger partial charge is 0.444 e. The summed E-state index contributed by atoms with van der Waals surface area (Å²) in [7, 11) is 0. The van der Waals surface area contributed by atoms with Crippen LogP contribution in [0.1, 0.15) is 31.9 Å². The third-order valence-corrected chi connectivity index (χ3v) is 4.48. The number of H-pyrrole nitrogens is 1. The highest BCUT2D eigenvalue weighted by Crippen LogP contribution is 2.32. The lowest BCUT2D eigenvalue weighted by Crippen LogP contribution is -2.40. The number of nitrogens with zero attached hydrogens (tertiary/aromatic N) is 3. The average Bonchev–Trinajstić information content (AvgIpc) is 3.05. The zero-order valence-electron chi connectivity index (χ0n) is 15.2. The summed E-state index contributed by atoms with van der Waals surface area (Å²) in [6.45, 7) is 6.77. The molecule has 1 aliphatic heterocycles. The Kier molecular flexibility index (Phi) is 3.90. The average molecular weight is 350 g/mol. The first-order valence-corrected chi connectivity index (χ1v) is 8.80. The number of pyridine rings is 1. The van der Waals surface area contributed by atoms with E-state index >= 15 is 0 Å². The predicted octanol–water partition coefficient (Wildman–Crippen LogP) is 3.92.